The molecule has 0 spiro atoms. The Labute approximate surface area is 73.7 Å². The molecule has 12 heavy (non-hydrogen) atoms. The van der Waals surface area contributed by atoms with Gasteiger partial charge in [0.05, 0.1) is 5.92 Å². The van der Waals surface area contributed by atoms with Gasteiger partial charge in [-0.3, -0.25) is 0 Å². The van der Waals surface area contributed by atoms with Crippen molar-refractivity contribution < 1.29 is 14.9 Å². The van der Waals surface area contributed by atoms with E-state index in [9.17, 15) is 4.79 Å². The summed E-state index contributed by atoms with van der Waals surface area (Å²) in [5.41, 5.74) is -0.103. The summed E-state index contributed by atoms with van der Waals surface area (Å²) in [6.45, 7) is 7.93. The summed E-state index contributed by atoms with van der Waals surface area (Å²) in [4.78, 5) is 14.8. The van der Waals surface area contributed by atoms with Gasteiger partial charge in [-0.05, 0) is 11.8 Å². The molecule has 0 heterocycles. The molecule has 0 aliphatic heterocycles. The van der Waals surface area contributed by atoms with E-state index in [1.54, 1.807) is 0 Å². The van der Waals surface area contributed by atoms with Crippen LogP contribution in [0.5, 0.6) is 0 Å². The molecule has 0 saturated heterocycles. The Morgan fingerprint density at radius 1 is 1.50 bits per heavy atom. The second-order valence-corrected chi connectivity index (χ2v) is 3.71. The van der Waals surface area contributed by atoms with Gasteiger partial charge in [-0.2, -0.15) is 5.26 Å². The van der Waals surface area contributed by atoms with Gasteiger partial charge >= 0.3 is 5.97 Å². The molecule has 0 bridgehead atoms. The molecule has 1 N–H and O–H groups in total. The first kappa shape index (κ1) is 11.4. The monoisotopic (exact) mass is 174 g/mol. The molecule has 0 radical (unpaired) electrons. The summed E-state index contributed by atoms with van der Waals surface area (Å²) >= 11 is 0. The molecule has 0 aliphatic rings. The molecular formula is C9H18O3. The average Bonchev–Trinajstić information content (AvgIpc) is 2.05. The first-order valence-electron chi connectivity index (χ1n) is 4.34. The first-order valence-corrected chi connectivity index (χ1v) is 4.34. The van der Waals surface area contributed by atoms with E-state index < -0.39 is 5.97 Å². The molecule has 0 saturated carbocycles. The van der Waals surface area contributed by atoms with Crippen molar-refractivity contribution in [2.75, 3.05) is 0 Å². The van der Waals surface area contributed by atoms with Gasteiger partial charge in [0.2, 0.25) is 0 Å². The SMILES string of the molecule is CCC(C(=O)OO)C(C)(C)CC. The summed E-state index contributed by atoms with van der Waals surface area (Å²) in [5.74, 6) is -0.739. The predicted molar refractivity (Wildman–Crippen MR) is 46.6 cm³/mol. The third kappa shape index (κ3) is 2.48. The number of rotatable bonds is 4. The number of hydrogen-bond donors (Lipinski definition) is 1. The van der Waals surface area contributed by atoms with Crippen molar-refractivity contribution in [3.63, 3.8) is 0 Å². The maximum atomic E-state index is 11.1. The van der Waals surface area contributed by atoms with Crippen LogP contribution >= 0.6 is 0 Å². The summed E-state index contributed by atoms with van der Waals surface area (Å²) in [6, 6.07) is 0. The lowest BCUT2D eigenvalue weighted by Crippen LogP contribution is -2.31. The van der Waals surface area contributed by atoms with Crippen molar-refractivity contribution >= 4 is 5.97 Å². The molecule has 0 aromatic rings. The molecule has 1 unspecified atom stereocenters. The number of carbonyl (C=O) groups is 1. The fourth-order valence-electron chi connectivity index (χ4n) is 1.35. The third-order valence-electron chi connectivity index (χ3n) is 2.64. The van der Waals surface area contributed by atoms with E-state index >= 15 is 0 Å². The molecule has 0 aromatic carbocycles. The van der Waals surface area contributed by atoms with E-state index in [1.165, 1.54) is 0 Å². The van der Waals surface area contributed by atoms with Crippen LogP contribution in [0.15, 0.2) is 0 Å². The molecule has 1 atom stereocenters. The highest BCUT2D eigenvalue weighted by atomic mass is 17.1. The van der Waals surface area contributed by atoms with E-state index in [1.807, 2.05) is 27.7 Å². The molecule has 0 rings (SSSR count). The lowest BCUT2D eigenvalue weighted by atomic mass is 9.75. The minimum atomic E-state index is -0.524. The molecule has 0 amide bonds. The minimum Gasteiger partial charge on any atom is -0.301 e. The quantitative estimate of drug-likeness (QED) is 0.526. The Morgan fingerprint density at radius 2 is 2.00 bits per heavy atom. The Balaban J connectivity index is 4.43. The number of hydrogen-bond acceptors (Lipinski definition) is 3. The summed E-state index contributed by atoms with van der Waals surface area (Å²) in [7, 11) is 0. The van der Waals surface area contributed by atoms with Crippen LogP contribution < -0.4 is 0 Å². The zero-order valence-electron chi connectivity index (χ0n) is 8.26. The van der Waals surface area contributed by atoms with Crippen molar-refractivity contribution in [3.8, 4) is 0 Å². The van der Waals surface area contributed by atoms with Gasteiger partial charge in [0.25, 0.3) is 0 Å². The lowest BCUT2D eigenvalue weighted by Gasteiger charge is -2.29. The van der Waals surface area contributed by atoms with E-state index in [2.05, 4.69) is 4.89 Å². The lowest BCUT2D eigenvalue weighted by molar-refractivity contribution is -0.242. The Hall–Kier alpha value is -0.570. The van der Waals surface area contributed by atoms with Gasteiger partial charge in [0.15, 0.2) is 0 Å². The molecule has 72 valence electrons. The first-order chi connectivity index (χ1) is 5.49. The maximum Gasteiger partial charge on any atom is 0.345 e. The normalized spacial score (nSPS) is 14.1. The zero-order valence-corrected chi connectivity index (χ0v) is 8.26. The second kappa shape index (κ2) is 4.45. The smallest absolute Gasteiger partial charge is 0.301 e. The Bertz CT molecular complexity index is 152. The highest BCUT2D eigenvalue weighted by Crippen LogP contribution is 2.33. The van der Waals surface area contributed by atoms with Crippen LogP contribution in [0, 0.1) is 11.3 Å². The van der Waals surface area contributed by atoms with Gasteiger partial charge in [-0.25, -0.2) is 4.79 Å². The average molecular weight is 174 g/mol. The summed E-state index contributed by atoms with van der Waals surface area (Å²) in [5, 5.41) is 8.25. The predicted octanol–water partition coefficient (Wildman–Crippen LogP) is 2.47. The zero-order chi connectivity index (χ0) is 9.78. The van der Waals surface area contributed by atoms with Gasteiger partial charge in [0.1, 0.15) is 0 Å². The maximum absolute atomic E-state index is 11.1. The van der Waals surface area contributed by atoms with Gasteiger partial charge in [-0.1, -0.05) is 34.1 Å². The summed E-state index contributed by atoms with van der Waals surface area (Å²) in [6.07, 6.45) is 1.58. The van der Waals surface area contributed by atoms with Crippen molar-refractivity contribution in [3.05, 3.63) is 0 Å². The van der Waals surface area contributed by atoms with Crippen molar-refractivity contribution in [2.24, 2.45) is 11.3 Å². The molecular weight excluding hydrogens is 156 g/mol. The van der Waals surface area contributed by atoms with Gasteiger partial charge < -0.3 is 4.89 Å². The van der Waals surface area contributed by atoms with Gasteiger partial charge in [0, 0.05) is 0 Å². The van der Waals surface area contributed by atoms with Gasteiger partial charge in [-0.15, -0.1) is 0 Å². The van der Waals surface area contributed by atoms with Crippen LogP contribution in [0.25, 0.3) is 0 Å². The van der Waals surface area contributed by atoms with E-state index in [-0.39, 0.29) is 11.3 Å². The van der Waals surface area contributed by atoms with Crippen LogP contribution in [0.3, 0.4) is 0 Å². The Morgan fingerprint density at radius 3 is 2.25 bits per heavy atom. The molecule has 3 heteroatoms. The standard InChI is InChI=1S/C9H18O3/c1-5-7(8(10)12-11)9(3,4)6-2/h7,11H,5-6H2,1-4H3. The van der Waals surface area contributed by atoms with Crippen molar-refractivity contribution in [2.45, 2.75) is 40.5 Å². The highest BCUT2D eigenvalue weighted by molar-refractivity contribution is 5.72. The Kier molecular flexibility index (Phi) is 4.24. The molecule has 0 fully saturated rings. The molecule has 0 aliphatic carbocycles. The molecule has 3 nitrogen and oxygen atoms in total. The van der Waals surface area contributed by atoms with Crippen LogP contribution in [0.1, 0.15) is 40.5 Å². The molecule has 0 aromatic heterocycles. The van der Waals surface area contributed by atoms with E-state index in [4.69, 9.17) is 5.26 Å². The second-order valence-electron chi connectivity index (χ2n) is 3.71. The van der Waals surface area contributed by atoms with Crippen molar-refractivity contribution in [1.29, 1.82) is 0 Å². The van der Waals surface area contributed by atoms with Crippen molar-refractivity contribution in [1.82, 2.24) is 0 Å². The minimum absolute atomic E-state index is 0.103. The fourth-order valence-corrected chi connectivity index (χ4v) is 1.35. The third-order valence-corrected chi connectivity index (χ3v) is 2.64. The highest BCUT2D eigenvalue weighted by Gasteiger charge is 2.33. The largest absolute Gasteiger partial charge is 0.345 e. The summed E-state index contributed by atoms with van der Waals surface area (Å²) < 4.78 is 0. The van der Waals surface area contributed by atoms with E-state index in [0.717, 1.165) is 6.42 Å². The topological polar surface area (TPSA) is 46.5 Å². The van der Waals surface area contributed by atoms with Crippen LogP contribution in [0.2, 0.25) is 0 Å². The van der Waals surface area contributed by atoms with Crippen LogP contribution in [-0.2, 0) is 9.68 Å². The number of carbonyl (C=O) groups excluding carboxylic acids is 1. The van der Waals surface area contributed by atoms with E-state index in [0.29, 0.717) is 6.42 Å². The fraction of sp³-hybridized carbons (Fsp3) is 0.889. The van der Waals surface area contributed by atoms with Crippen LogP contribution in [0.4, 0.5) is 0 Å². The van der Waals surface area contributed by atoms with Crippen LogP contribution in [-0.4, -0.2) is 11.2 Å².